The van der Waals surface area contributed by atoms with Crippen molar-refractivity contribution < 1.29 is 22.7 Å². The van der Waals surface area contributed by atoms with Crippen LogP contribution in [0.3, 0.4) is 0 Å². The average Bonchev–Trinajstić information content (AvgIpc) is 2.84. The maximum absolute atomic E-state index is 12.7. The quantitative estimate of drug-likeness (QED) is 0.764. The van der Waals surface area contributed by atoms with Gasteiger partial charge in [0.1, 0.15) is 5.60 Å². The standard InChI is InChI=1S/C17H31N3O5S/c1-12(18-16(22)25-17(2,3)4)14-7-5-6-9-20(14)15(21)19-13-8-10-26(23,24)11-13/h12-14H,5-11H2,1-4H3,(H,18,22)(H,19,21)/t12-,13+,14+/m0/s1. The highest BCUT2D eigenvalue weighted by atomic mass is 32.2. The Hall–Kier alpha value is -1.51. The lowest BCUT2D eigenvalue weighted by Crippen LogP contribution is -2.58. The monoisotopic (exact) mass is 389 g/mol. The van der Waals surface area contributed by atoms with Crippen molar-refractivity contribution in [2.75, 3.05) is 18.1 Å². The van der Waals surface area contributed by atoms with Crippen LogP contribution in [0.2, 0.25) is 0 Å². The molecule has 150 valence electrons. The van der Waals surface area contributed by atoms with Crippen LogP contribution in [0.5, 0.6) is 0 Å². The van der Waals surface area contributed by atoms with Crippen LogP contribution in [-0.4, -0.2) is 67.2 Å². The fourth-order valence-electron chi connectivity index (χ4n) is 3.49. The van der Waals surface area contributed by atoms with Crippen molar-refractivity contribution in [1.29, 1.82) is 0 Å². The predicted octanol–water partition coefficient (Wildman–Crippen LogP) is 1.65. The van der Waals surface area contributed by atoms with Gasteiger partial charge in [0, 0.05) is 18.6 Å². The number of alkyl carbamates (subject to hydrolysis) is 1. The minimum absolute atomic E-state index is 0.00294. The molecule has 2 aliphatic rings. The summed E-state index contributed by atoms with van der Waals surface area (Å²) in [6.07, 6.45) is 2.61. The fraction of sp³-hybridized carbons (Fsp3) is 0.882. The van der Waals surface area contributed by atoms with Gasteiger partial charge in [-0.1, -0.05) is 0 Å². The van der Waals surface area contributed by atoms with E-state index in [1.54, 1.807) is 25.7 Å². The number of piperidine rings is 1. The van der Waals surface area contributed by atoms with Crippen molar-refractivity contribution in [3.05, 3.63) is 0 Å². The minimum Gasteiger partial charge on any atom is -0.444 e. The second-order valence-electron chi connectivity index (χ2n) is 8.24. The molecule has 0 spiro atoms. The number of rotatable bonds is 3. The third kappa shape index (κ3) is 6.03. The Balaban J connectivity index is 1.95. The van der Waals surface area contributed by atoms with Gasteiger partial charge in [-0.15, -0.1) is 0 Å². The molecule has 0 aromatic heterocycles. The topological polar surface area (TPSA) is 105 Å². The number of amides is 3. The first-order valence-electron chi connectivity index (χ1n) is 9.24. The van der Waals surface area contributed by atoms with Gasteiger partial charge in [-0.25, -0.2) is 18.0 Å². The molecule has 8 nitrogen and oxygen atoms in total. The molecule has 3 atom stereocenters. The highest BCUT2D eigenvalue weighted by Crippen LogP contribution is 2.21. The largest absolute Gasteiger partial charge is 0.444 e. The predicted molar refractivity (Wildman–Crippen MR) is 98.8 cm³/mol. The van der Waals surface area contributed by atoms with E-state index in [0.29, 0.717) is 13.0 Å². The summed E-state index contributed by atoms with van der Waals surface area (Å²) in [5.74, 6) is 0.126. The molecule has 0 saturated carbocycles. The molecule has 2 rings (SSSR count). The fourth-order valence-corrected chi connectivity index (χ4v) is 5.16. The number of ether oxygens (including phenoxy) is 1. The molecule has 0 unspecified atom stereocenters. The van der Waals surface area contributed by atoms with Gasteiger partial charge < -0.3 is 20.3 Å². The van der Waals surface area contributed by atoms with Gasteiger partial charge in [-0.3, -0.25) is 0 Å². The zero-order valence-electron chi connectivity index (χ0n) is 16.1. The molecule has 0 aromatic rings. The van der Waals surface area contributed by atoms with Crippen molar-refractivity contribution in [3.63, 3.8) is 0 Å². The highest BCUT2D eigenvalue weighted by molar-refractivity contribution is 7.91. The van der Waals surface area contributed by atoms with Crippen molar-refractivity contribution in [3.8, 4) is 0 Å². The molecule has 2 aliphatic heterocycles. The molecule has 2 fully saturated rings. The van der Waals surface area contributed by atoms with E-state index in [0.717, 1.165) is 19.3 Å². The van der Waals surface area contributed by atoms with Crippen LogP contribution in [0, 0.1) is 0 Å². The number of carbonyl (C=O) groups is 2. The summed E-state index contributed by atoms with van der Waals surface area (Å²) in [5, 5.41) is 5.66. The van der Waals surface area contributed by atoms with E-state index >= 15 is 0 Å². The third-order valence-corrected chi connectivity index (χ3v) is 6.46. The molecule has 0 aliphatic carbocycles. The minimum atomic E-state index is -3.04. The van der Waals surface area contributed by atoms with Crippen LogP contribution in [0.25, 0.3) is 0 Å². The summed E-state index contributed by atoms with van der Waals surface area (Å²) in [7, 11) is -3.04. The molecule has 9 heteroatoms. The van der Waals surface area contributed by atoms with Crippen molar-refractivity contribution in [2.45, 2.75) is 77.1 Å². The van der Waals surface area contributed by atoms with Crippen LogP contribution in [0.1, 0.15) is 53.4 Å². The number of hydrogen-bond acceptors (Lipinski definition) is 5. The van der Waals surface area contributed by atoms with Crippen molar-refractivity contribution >= 4 is 22.0 Å². The number of hydrogen-bond donors (Lipinski definition) is 2. The molecular formula is C17H31N3O5S. The van der Waals surface area contributed by atoms with Crippen LogP contribution in [-0.2, 0) is 14.6 Å². The number of sulfone groups is 1. The Kier molecular flexibility index (Phi) is 6.42. The molecule has 0 radical (unpaired) electrons. The SMILES string of the molecule is C[C@H](NC(=O)OC(C)(C)C)[C@H]1CCCCN1C(=O)N[C@@H]1CCS(=O)(=O)C1. The van der Waals surface area contributed by atoms with Gasteiger partial charge in [0.15, 0.2) is 9.84 Å². The van der Waals surface area contributed by atoms with Crippen LogP contribution in [0.15, 0.2) is 0 Å². The maximum atomic E-state index is 12.7. The van der Waals surface area contributed by atoms with Gasteiger partial charge in [0.25, 0.3) is 0 Å². The summed E-state index contributed by atoms with van der Waals surface area (Å²) in [6, 6.07) is -0.990. The Morgan fingerprint density at radius 3 is 2.46 bits per heavy atom. The summed E-state index contributed by atoms with van der Waals surface area (Å²) in [4.78, 5) is 26.4. The first-order valence-corrected chi connectivity index (χ1v) is 11.1. The smallest absolute Gasteiger partial charge is 0.407 e. The Bertz CT molecular complexity index is 629. The maximum Gasteiger partial charge on any atom is 0.407 e. The Labute approximate surface area is 155 Å². The molecule has 0 bridgehead atoms. The third-order valence-electron chi connectivity index (χ3n) is 4.69. The number of nitrogens with one attached hydrogen (secondary N) is 2. The number of carbonyl (C=O) groups excluding carboxylic acids is 2. The number of likely N-dealkylation sites (tertiary alicyclic amines) is 1. The second kappa shape index (κ2) is 8.02. The summed E-state index contributed by atoms with van der Waals surface area (Å²) in [5.41, 5.74) is -0.582. The zero-order chi connectivity index (χ0) is 19.5. The number of urea groups is 1. The van der Waals surface area contributed by atoms with Gasteiger partial charge in [0.2, 0.25) is 0 Å². The molecule has 26 heavy (non-hydrogen) atoms. The van der Waals surface area contributed by atoms with Crippen molar-refractivity contribution in [1.82, 2.24) is 15.5 Å². The van der Waals surface area contributed by atoms with E-state index in [4.69, 9.17) is 4.74 Å². The molecule has 0 aromatic carbocycles. The molecule has 2 heterocycles. The van der Waals surface area contributed by atoms with E-state index in [1.807, 2.05) is 6.92 Å². The zero-order valence-corrected chi connectivity index (χ0v) is 16.9. The molecule has 2 saturated heterocycles. The molecular weight excluding hydrogens is 358 g/mol. The molecule has 2 N–H and O–H groups in total. The lowest BCUT2D eigenvalue weighted by molar-refractivity contribution is 0.0461. The van der Waals surface area contributed by atoms with E-state index in [2.05, 4.69) is 10.6 Å². The van der Waals surface area contributed by atoms with Gasteiger partial charge in [-0.05, 0) is 53.4 Å². The summed E-state index contributed by atoms with van der Waals surface area (Å²) < 4.78 is 28.5. The van der Waals surface area contributed by atoms with Crippen LogP contribution < -0.4 is 10.6 Å². The summed E-state index contributed by atoms with van der Waals surface area (Å²) >= 11 is 0. The lowest BCUT2D eigenvalue weighted by Gasteiger charge is -2.39. The average molecular weight is 390 g/mol. The van der Waals surface area contributed by atoms with Crippen LogP contribution >= 0.6 is 0 Å². The second-order valence-corrected chi connectivity index (χ2v) is 10.5. The van der Waals surface area contributed by atoms with Crippen molar-refractivity contribution in [2.24, 2.45) is 0 Å². The summed E-state index contributed by atoms with van der Waals surface area (Å²) in [6.45, 7) is 7.85. The van der Waals surface area contributed by atoms with Crippen LogP contribution in [0.4, 0.5) is 9.59 Å². The molecule has 3 amide bonds. The Morgan fingerprint density at radius 2 is 1.88 bits per heavy atom. The van der Waals surface area contributed by atoms with E-state index < -0.39 is 21.5 Å². The number of nitrogens with zero attached hydrogens (tertiary/aromatic N) is 1. The first kappa shape index (κ1) is 20.8. The van der Waals surface area contributed by atoms with Gasteiger partial charge in [-0.2, -0.15) is 0 Å². The Morgan fingerprint density at radius 1 is 1.19 bits per heavy atom. The van der Waals surface area contributed by atoms with Gasteiger partial charge in [0.05, 0.1) is 17.5 Å². The van der Waals surface area contributed by atoms with Gasteiger partial charge >= 0.3 is 12.1 Å². The first-order chi connectivity index (χ1) is 12.0. The lowest BCUT2D eigenvalue weighted by atomic mass is 9.97. The van der Waals surface area contributed by atoms with E-state index in [9.17, 15) is 18.0 Å². The highest BCUT2D eigenvalue weighted by Gasteiger charge is 2.35. The normalized spacial score (nSPS) is 26.8. The van der Waals surface area contributed by atoms with E-state index in [1.165, 1.54) is 0 Å². The van der Waals surface area contributed by atoms with E-state index in [-0.39, 0.29) is 35.7 Å².